The fraction of sp³-hybridized carbons (Fsp3) is 0.485. The number of rotatable bonds is 5. The van der Waals surface area contributed by atoms with Crippen LogP contribution in [0.3, 0.4) is 0 Å². The van der Waals surface area contributed by atoms with E-state index in [0.717, 1.165) is 0 Å². The summed E-state index contributed by atoms with van der Waals surface area (Å²) >= 11 is 0. The van der Waals surface area contributed by atoms with Gasteiger partial charge in [0.2, 0.25) is 0 Å². The van der Waals surface area contributed by atoms with E-state index in [0.29, 0.717) is 0 Å². The molecule has 0 nitrogen and oxygen atoms in total. The average molecular weight is 907 g/mol. The predicted octanol–water partition coefficient (Wildman–Crippen LogP) is 19.3. The summed E-state index contributed by atoms with van der Waals surface area (Å²) in [6.07, 6.45) is 8.91. The number of allylic oxidation sites excluding steroid dienone is 4. The molecule has 0 bridgehead atoms. The van der Waals surface area contributed by atoms with Crippen molar-refractivity contribution in [3.8, 4) is 11.1 Å². The molecule has 362 valence electrons. The summed E-state index contributed by atoms with van der Waals surface area (Å²) in [5.41, 5.74) is 19.5. The van der Waals surface area contributed by atoms with Crippen LogP contribution in [0.4, 0.5) is 0 Å². The van der Waals surface area contributed by atoms with Crippen LogP contribution in [0.5, 0.6) is 0 Å². The van der Waals surface area contributed by atoms with Gasteiger partial charge >= 0.3 is 0 Å². The van der Waals surface area contributed by atoms with Crippen LogP contribution in [0, 0.1) is 6.42 Å². The molecule has 1 aliphatic rings. The lowest BCUT2D eigenvalue weighted by Gasteiger charge is -2.45. The second-order valence-corrected chi connectivity index (χ2v) is 28.6. The Morgan fingerprint density at radius 2 is 0.662 bits per heavy atom. The Morgan fingerprint density at radius 3 is 1.09 bits per heavy atom. The van der Waals surface area contributed by atoms with Crippen molar-refractivity contribution in [3.05, 3.63) is 182 Å². The molecule has 1 atom stereocenters. The van der Waals surface area contributed by atoms with Gasteiger partial charge in [-0.05, 0) is 132 Å². The molecule has 0 aromatic heterocycles. The SMILES string of the molecule is CC(C)(C)c1ccc(C2=C(c3ccc(C(C)(C)C)cc3C(C)(C)C)C(c3ccccc3-c3ccc(C(C)(C)C)cc3C(C)(C)C)(c3ccc(C(C)(C)C)cc3C(C)(C)C)C=C[C]2)c(C(C)(C)C)c1. The highest BCUT2D eigenvalue weighted by Gasteiger charge is 2.47. The molecular weight excluding hydrogens is 817 g/mol. The van der Waals surface area contributed by atoms with Crippen molar-refractivity contribution in [1.29, 1.82) is 0 Å². The van der Waals surface area contributed by atoms with Crippen molar-refractivity contribution in [2.24, 2.45) is 0 Å². The van der Waals surface area contributed by atoms with Gasteiger partial charge < -0.3 is 0 Å². The van der Waals surface area contributed by atoms with E-state index in [9.17, 15) is 0 Å². The molecule has 0 heteroatoms. The molecule has 6 rings (SSSR count). The van der Waals surface area contributed by atoms with Gasteiger partial charge in [0, 0.05) is 6.42 Å². The van der Waals surface area contributed by atoms with Crippen LogP contribution in [0.2, 0.25) is 0 Å². The molecule has 0 heterocycles. The molecule has 5 aromatic rings. The molecule has 0 spiro atoms. The van der Waals surface area contributed by atoms with E-state index in [1.54, 1.807) is 0 Å². The van der Waals surface area contributed by atoms with Gasteiger partial charge in [0.25, 0.3) is 0 Å². The fourth-order valence-corrected chi connectivity index (χ4v) is 10.4. The third-order valence-corrected chi connectivity index (χ3v) is 14.6. The summed E-state index contributed by atoms with van der Waals surface area (Å²) in [4.78, 5) is 0. The van der Waals surface area contributed by atoms with Crippen LogP contribution >= 0.6 is 0 Å². The van der Waals surface area contributed by atoms with Crippen LogP contribution in [-0.4, -0.2) is 0 Å². The first-order valence-corrected chi connectivity index (χ1v) is 25.7. The lowest BCUT2D eigenvalue weighted by atomic mass is 9.57. The maximum absolute atomic E-state index is 4.08. The third-order valence-electron chi connectivity index (χ3n) is 14.6. The minimum atomic E-state index is -0.769. The quantitative estimate of drug-likeness (QED) is 0.165. The Labute approximate surface area is 417 Å². The van der Waals surface area contributed by atoms with Crippen LogP contribution in [-0.2, 0) is 48.7 Å². The van der Waals surface area contributed by atoms with Crippen molar-refractivity contribution < 1.29 is 0 Å². The second-order valence-electron chi connectivity index (χ2n) is 28.6. The van der Waals surface area contributed by atoms with Gasteiger partial charge in [-0.3, -0.25) is 0 Å². The molecule has 0 saturated heterocycles. The van der Waals surface area contributed by atoms with Crippen molar-refractivity contribution >= 4 is 11.1 Å². The summed E-state index contributed by atoms with van der Waals surface area (Å²) in [5, 5.41) is 0. The molecule has 0 N–H and O–H groups in total. The van der Waals surface area contributed by atoms with Gasteiger partial charge in [-0.1, -0.05) is 275 Å². The maximum Gasteiger partial charge on any atom is 0.0650 e. The highest BCUT2D eigenvalue weighted by Crippen LogP contribution is 2.58. The standard InChI is InChI=1S/C68H90/c1-60(2,3)44-31-35-49(55(40-44)64(13,14)15)48-28-25-26-30-53(48)68(54-38-34-47(63(10,11)12)43-58(54)67(22,23)24)39-27-29-51(50-36-32-45(61(4,5)6)41-56(50)65(16,17)18)59(68)52-37-33-46(62(7,8)9)42-57(52)66(19,20)21/h25-28,30-43H,1-24H3. The lowest BCUT2D eigenvalue weighted by molar-refractivity contribution is 0.556. The van der Waals surface area contributed by atoms with Crippen LogP contribution in [0.15, 0.2) is 109 Å². The van der Waals surface area contributed by atoms with E-state index in [4.69, 9.17) is 0 Å². The van der Waals surface area contributed by atoms with Crippen molar-refractivity contribution in [1.82, 2.24) is 0 Å². The number of hydrogen-bond acceptors (Lipinski definition) is 0. The smallest absolute Gasteiger partial charge is 0.0650 e. The van der Waals surface area contributed by atoms with E-state index in [1.165, 1.54) is 89.0 Å². The zero-order valence-corrected chi connectivity index (χ0v) is 47.4. The highest BCUT2D eigenvalue weighted by molar-refractivity contribution is 6.06. The van der Waals surface area contributed by atoms with Gasteiger partial charge in [0.15, 0.2) is 0 Å². The molecule has 5 aromatic carbocycles. The van der Waals surface area contributed by atoms with Gasteiger partial charge in [0.05, 0.1) is 5.41 Å². The van der Waals surface area contributed by atoms with Crippen LogP contribution in [0.25, 0.3) is 22.3 Å². The van der Waals surface area contributed by atoms with E-state index in [2.05, 4.69) is 282 Å². The Balaban J connectivity index is 2.00. The van der Waals surface area contributed by atoms with Crippen molar-refractivity contribution in [2.75, 3.05) is 0 Å². The lowest BCUT2D eigenvalue weighted by Crippen LogP contribution is -2.35. The molecule has 1 aliphatic carbocycles. The maximum atomic E-state index is 4.08. The Hall–Kier alpha value is -4.42. The second kappa shape index (κ2) is 17.5. The number of benzene rings is 5. The minimum absolute atomic E-state index is 0.00808. The molecule has 1 unspecified atom stereocenters. The highest BCUT2D eigenvalue weighted by atomic mass is 14.5. The van der Waals surface area contributed by atoms with E-state index < -0.39 is 5.41 Å². The third kappa shape index (κ3) is 10.4. The summed E-state index contributed by atoms with van der Waals surface area (Å²) in [6, 6.07) is 39.1. The van der Waals surface area contributed by atoms with Crippen LogP contribution < -0.4 is 0 Å². The summed E-state index contributed by atoms with van der Waals surface area (Å²) in [7, 11) is 0. The minimum Gasteiger partial charge on any atom is -0.0739 e. The Bertz CT molecular complexity index is 2730. The first kappa shape index (κ1) is 52.9. The van der Waals surface area contributed by atoms with E-state index in [1.807, 2.05) is 0 Å². The molecular formula is C68H90. The summed E-state index contributed by atoms with van der Waals surface area (Å²) in [6.45, 7) is 56.9. The zero-order chi connectivity index (χ0) is 51.2. The van der Waals surface area contributed by atoms with Crippen molar-refractivity contribution in [2.45, 2.75) is 215 Å². The Kier molecular flexibility index (Phi) is 13.6. The largest absolute Gasteiger partial charge is 0.0739 e. The molecule has 0 aliphatic heterocycles. The molecule has 68 heavy (non-hydrogen) atoms. The van der Waals surface area contributed by atoms with Gasteiger partial charge in [0.1, 0.15) is 0 Å². The monoisotopic (exact) mass is 907 g/mol. The summed E-state index contributed by atoms with van der Waals surface area (Å²) < 4.78 is 0. The van der Waals surface area contributed by atoms with E-state index >= 15 is 0 Å². The molecule has 0 amide bonds. The first-order chi connectivity index (χ1) is 30.8. The van der Waals surface area contributed by atoms with E-state index in [-0.39, 0.29) is 43.3 Å². The molecule has 2 radical (unpaired) electrons. The average Bonchev–Trinajstić information content (AvgIpc) is 3.20. The zero-order valence-electron chi connectivity index (χ0n) is 47.4. The summed E-state index contributed by atoms with van der Waals surface area (Å²) in [5.74, 6) is 0. The van der Waals surface area contributed by atoms with Gasteiger partial charge in [-0.15, -0.1) is 0 Å². The van der Waals surface area contributed by atoms with Crippen LogP contribution in [0.1, 0.15) is 233 Å². The van der Waals surface area contributed by atoms with Gasteiger partial charge in [-0.2, -0.15) is 0 Å². The normalized spacial score (nSPS) is 17.0. The van der Waals surface area contributed by atoms with Crippen molar-refractivity contribution in [3.63, 3.8) is 0 Å². The molecule has 0 fully saturated rings. The first-order valence-electron chi connectivity index (χ1n) is 25.7. The molecule has 0 saturated carbocycles. The topological polar surface area (TPSA) is 0 Å². The Morgan fingerprint density at radius 1 is 0.309 bits per heavy atom. The van der Waals surface area contributed by atoms with Gasteiger partial charge in [-0.25, -0.2) is 0 Å². The number of hydrogen-bond donors (Lipinski definition) is 0. The fourth-order valence-electron chi connectivity index (χ4n) is 10.4. The predicted molar refractivity (Wildman–Crippen MR) is 301 cm³/mol.